The van der Waals surface area contributed by atoms with Crippen molar-refractivity contribution in [3.05, 3.63) is 63.3 Å². The average molecular weight is 514 g/mol. The van der Waals surface area contributed by atoms with E-state index in [1.165, 1.54) is 19.1 Å². The normalized spacial score (nSPS) is 17.8. The molecule has 2 unspecified atom stereocenters. The summed E-state index contributed by atoms with van der Waals surface area (Å²) in [5.41, 5.74) is 5.40. The van der Waals surface area contributed by atoms with Gasteiger partial charge in [0.15, 0.2) is 0 Å². The highest BCUT2D eigenvalue weighted by Gasteiger charge is 2.26. The quantitative estimate of drug-likeness (QED) is 0.345. The minimum Gasteiger partial charge on any atom is -0.485 e. The molecule has 1 aliphatic carbocycles. The molecule has 152 valence electrons. The Morgan fingerprint density at radius 3 is 2.52 bits per heavy atom. The van der Waals surface area contributed by atoms with Crippen LogP contribution in [0, 0.1) is 15.2 Å². The number of benzene rings is 2. The van der Waals surface area contributed by atoms with E-state index in [9.17, 15) is 18.4 Å². The number of primary amides is 1. The maximum absolute atomic E-state index is 14.2. The van der Waals surface area contributed by atoms with E-state index in [1.807, 2.05) is 22.6 Å². The molecule has 2 atom stereocenters. The number of amides is 1. The van der Waals surface area contributed by atoms with Crippen LogP contribution in [-0.2, 0) is 9.53 Å². The zero-order valence-corrected chi connectivity index (χ0v) is 17.4. The van der Waals surface area contributed by atoms with Gasteiger partial charge in [0.05, 0.1) is 11.4 Å². The van der Waals surface area contributed by atoms with Gasteiger partial charge in [-0.15, -0.1) is 0 Å². The number of esters is 1. The molecule has 2 aromatic carbocycles. The van der Waals surface area contributed by atoms with Crippen molar-refractivity contribution >= 4 is 45.8 Å². The molecule has 1 aliphatic rings. The van der Waals surface area contributed by atoms with Crippen LogP contribution in [0.3, 0.4) is 0 Å². The monoisotopic (exact) mass is 514 g/mol. The van der Waals surface area contributed by atoms with Crippen molar-refractivity contribution in [2.24, 2.45) is 5.73 Å². The third-order valence-electron chi connectivity index (χ3n) is 4.11. The van der Waals surface area contributed by atoms with Gasteiger partial charge in [0, 0.05) is 23.0 Å². The molecule has 3 rings (SSSR count). The van der Waals surface area contributed by atoms with Gasteiger partial charge in [-0.05, 0) is 59.0 Å². The van der Waals surface area contributed by atoms with Crippen LogP contribution in [0.15, 0.2) is 42.5 Å². The summed E-state index contributed by atoms with van der Waals surface area (Å²) in [7, 11) is 0. The Hall–Kier alpha value is -2.69. The van der Waals surface area contributed by atoms with Crippen LogP contribution in [-0.4, -0.2) is 24.1 Å². The standard InChI is InChI=1S/C20H17F2IN2O4/c1-10(26)28-13-3-4-14(9-13)29-18-7-11(21)6-17(19(18)20(24)27)25-16-5-2-12(23)8-15(16)22/h2-8,13-14,25H,9H2,1H3,(H2,24,27). The Labute approximate surface area is 179 Å². The third-order valence-corrected chi connectivity index (χ3v) is 4.79. The predicted octanol–water partition coefficient (Wildman–Crippen LogP) is 4.05. The first kappa shape index (κ1) is 21.0. The lowest BCUT2D eigenvalue weighted by Gasteiger charge is -2.19. The molecule has 6 nitrogen and oxygen atoms in total. The van der Waals surface area contributed by atoms with Gasteiger partial charge in [0.1, 0.15) is 35.2 Å². The molecule has 0 aromatic heterocycles. The second-order valence-corrected chi connectivity index (χ2v) is 7.61. The van der Waals surface area contributed by atoms with Crippen molar-refractivity contribution in [2.45, 2.75) is 25.6 Å². The number of carbonyl (C=O) groups is 2. The second-order valence-electron chi connectivity index (χ2n) is 6.36. The molecule has 29 heavy (non-hydrogen) atoms. The number of halogens is 3. The largest absolute Gasteiger partial charge is 0.485 e. The van der Waals surface area contributed by atoms with Crippen LogP contribution in [0.4, 0.5) is 20.2 Å². The van der Waals surface area contributed by atoms with E-state index in [0.717, 1.165) is 12.1 Å². The van der Waals surface area contributed by atoms with Gasteiger partial charge in [0.2, 0.25) is 0 Å². The van der Waals surface area contributed by atoms with E-state index in [-0.39, 0.29) is 22.7 Å². The van der Waals surface area contributed by atoms with Crippen molar-refractivity contribution in [2.75, 3.05) is 5.32 Å². The summed E-state index contributed by atoms with van der Waals surface area (Å²) in [6.45, 7) is 1.29. The molecule has 1 amide bonds. The van der Waals surface area contributed by atoms with Crippen molar-refractivity contribution in [1.82, 2.24) is 0 Å². The lowest BCUT2D eigenvalue weighted by Crippen LogP contribution is -2.21. The Balaban J connectivity index is 1.89. The van der Waals surface area contributed by atoms with Crippen molar-refractivity contribution < 1.29 is 27.8 Å². The third kappa shape index (κ3) is 5.22. The number of anilines is 2. The topological polar surface area (TPSA) is 90.7 Å². The van der Waals surface area contributed by atoms with Crippen LogP contribution < -0.4 is 15.8 Å². The average Bonchev–Trinajstić information content (AvgIpc) is 3.02. The minimum atomic E-state index is -0.869. The summed E-state index contributed by atoms with van der Waals surface area (Å²) < 4.78 is 39.9. The maximum atomic E-state index is 14.2. The van der Waals surface area contributed by atoms with E-state index in [2.05, 4.69) is 5.32 Å². The summed E-state index contributed by atoms with van der Waals surface area (Å²) in [5, 5.41) is 2.70. The molecule has 0 saturated carbocycles. The van der Waals surface area contributed by atoms with Gasteiger partial charge in [0.25, 0.3) is 5.91 Å². The zero-order valence-electron chi connectivity index (χ0n) is 15.2. The van der Waals surface area contributed by atoms with Crippen LogP contribution >= 0.6 is 22.6 Å². The van der Waals surface area contributed by atoms with Gasteiger partial charge in [-0.3, -0.25) is 9.59 Å². The molecule has 0 bridgehead atoms. The number of hydrogen-bond donors (Lipinski definition) is 2. The first-order valence-corrected chi connectivity index (χ1v) is 9.68. The molecule has 0 fully saturated rings. The highest BCUT2D eigenvalue weighted by molar-refractivity contribution is 14.1. The highest BCUT2D eigenvalue weighted by atomic mass is 127. The molecule has 9 heteroatoms. The number of rotatable bonds is 6. The van der Waals surface area contributed by atoms with Crippen LogP contribution in [0.5, 0.6) is 5.75 Å². The van der Waals surface area contributed by atoms with Crippen LogP contribution in [0.25, 0.3) is 0 Å². The predicted molar refractivity (Wildman–Crippen MR) is 111 cm³/mol. The van der Waals surface area contributed by atoms with Crippen molar-refractivity contribution in [3.63, 3.8) is 0 Å². The number of carbonyl (C=O) groups excluding carboxylic acids is 2. The molecule has 3 N–H and O–H groups in total. The summed E-state index contributed by atoms with van der Waals surface area (Å²) in [6.07, 6.45) is 2.58. The summed E-state index contributed by atoms with van der Waals surface area (Å²) in [5.74, 6) is -2.66. The molecule has 0 radical (unpaired) electrons. The number of ether oxygens (including phenoxy) is 2. The smallest absolute Gasteiger partial charge is 0.303 e. The molecule has 0 spiro atoms. The molecule has 0 aliphatic heterocycles. The van der Waals surface area contributed by atoms with Crippen molar-refractivity contribution in [1.29, 1.82) is 0 Å². The van der Waals surface area contributed by atoms with Crippen LogP contribution in [0.2, 0.25) is 0 Å². The number of nitrogens with two attached hydrogens (primary N) is 1. The molecular formula is C20H17F2IN2O4. The van der Waals surface area contributed by atoms with Crippen LogP contribution in [0.1, 0.15) is 23.7 Å². The fourth-order valence-corrected chi connectivity index (χ4v) is 3.40. The SMILES string of the molecule is CC(=O)OC1C=CC(Oc2cc(F)cc(Nc3ccc(I)cc3F)c2C(N)=O)C1. The Bertz CT molecular complexity index is 997. The van der Waals surface area contributed by atoms with Gasteiger partial charge in [-0.2, -0.15) is 0 Å². The van der Waals surface area contributed by atoms with Crippen molar-refractivity contribution in [3.8, 4) is 5.75 Å². The highest BCUT2D eigenvalue weighted by Crippen LogP contribution is 2.33. The summed E-state index contributed by atoms with van der Waals surface area (Å²) in [6, 6.07) is 6.49. The first-order valence-electron chi connectivity index (χ1n) is 8.60. The zero-order chi connectivity index (χ0) is 21.1. The van der Waals surface area contributed by atoms with Gasteiger partial charge in [-0.1, -0.05) is 0 Å². The number of hydrogen-bond acceptors (Lipinski definition) is 5. The summed E-state index contributed by atoms with van der Waals surface area (Å²) >= 11 is 1.96. The first-order chi connectivity index (χ1) is 13.7. The maximum Gasteiger partial charge on any atom is 0.303 e. The molecule has 0 saturated heterocycles. The Kier molecular flexibility index (Phi) is 6.36. The lowest BCUT2D eigenvalue weighted by atomic mass is 10.1. The van der Waals surface area contributed by atoms with E-state index in [1.54, 1.807) is 18.2 Å². The van der Waals surface area contributed by atoms with E-state index >= 15 is 0 Å². The van der Waals surface area contributed by atoms with Gasteiger partial charge >= 0.3 is 5.97 Å². The minimum absolute atomic E-state index is 0.0221. The molecular weight excluding hydrogens is 497 g/mol. The lowest BCUT2D eigenvalue weighted by molar-refractivity contribution is -0.144. The second kappa shape index (κ2) is 8.76. The van der Waals surface area contributed by atoms with Gasteiger partial charge < -0.3 is 20.5 Å². The fourth-order valence-electron chi connectivity index (χ4n) is 2.95. The number of nitrogens with one attached hydrogen (secondary N) is 1. The Morgan fingerprint density at radius 1 is 1.14 bits per heavy atom. The van der Waals surface area contributed by atoms with E-state index < -0.39 is 35.7 Å². The molecule has 0 heterocycles. The summed E-state index contributed by atoms with van der Waals surface area (Å²) in [4.78, 5) is 23.1. The Morgan fingerprint density at radius 2 is 1.86 bits per heavy atom. The fraction of sp³-hybridized carbons (Fsp3) is 0.200. The van der Waals surface area contributed by atoms with Gasteiger partial charge in [-0.25, -0.2) is 8.78 Å². The molecule has 2 aromatic rings. The van der Waals surface area contributed by atoms with E-state index in [4.69, 9.17) is 15.2 Å². The van der Waals surface area contributed by atoms with E-state index in [0.29, 0.717) is 9.99 Å².